The van der Waals surface area contributed by atoms with E-state index < -0.39 is 84.8 Å². The van der Waals surface area contributed by atoms with Gasteiger partial charge in [-0.25, -0.2) is 19.2 Å². The molecule has 0 unspecified atom stereocenters. The fraction of sp³-hybridized carbons (Fsp3) is 0.574. The molecule has 0 spiro atoms. The van der Waals surface area contributed by atoms with Gasteiger partial charge < -0.3 is 62.1 Å². The van der Waals surface area contributed by atoms with Crippen molar-refractivity contribution in [1.82, 2.24) is 46.2 Å². The van der Waals surface area contributed by atoms with E-state index >= 15 is 0 Å². The molecule has 1 heterocycles. The van der Waals surface area contributed by atoms with Crippen molar-refractivity contribution in [2.45, 2.75) is 75.9 Å². The average Bonchev–Trinajstić information content (AvgIpc) is 3.32. The summed E-state index contributed by atoms with van der Waals surface area (Å²) in [7, 11) is 0. The third-order valence-corrected chi connectivity index (χ3v) is 12.7. The first-order valence-corrected chi connectivity index (χ1v) is 23.9. The molecule has 2 aromatic rings. The van der Waals surface area contributed by atoms with E-state index in [4.69, 9.17) is 5.11 Å². The molecule has 6 amide bonds. The van der Waals surface area contributed by atoms with Crippen molar-refractivity contribution in [2.24, 2.45) is 11.8 Å². The highest BCUT2D eigenvalue weighted by Gasteiger charge is 2.31. The van der Waals surface area contributed by atoms with Gasteiger partial charge in [0.05, 0.1) is 19.6 Å². The summed E-state index contributed by atoms with van der Waals surface area (Å²) < 4.78 is 0. The van der Waals surface area contributed by atoms with Crippen LogP contribution in [-0.2, 0) is 38.4 Å². The van der Waals surface area contributed by atoms with E-state index in [0.717, 1.165) is 15.7 Å². The summed E-state index contributed by atoms with van der Waals surface area (Å²) in [4.78, 5) is 129. The van der Waals surface area contributed by atoms with Crippen molar-refractivity contribution in [3.05, 3.63) is 48.0 Å². The molecule has 1 saturated heterocycles. The number of hydrogen-bond acceptors (Lipinski definition) is 13. The smallest absolute Gasteiger partial charge is 0.407 e. The number of amides is 6. The summed E-state index contributed by atoms with van der Waals surface area (Å²) in [6.45, 7) is 0.953. The molecule has 11 N–H and O–H groups in total. The number of hydrogen-bond donors (Lipinski definition) is 11. The van der Waals surface area contributed by atoms with E-state index in [9.17, 15) is 73.5 Å². The van der Waals surface area contributed by atoms with Gasteiger partial charge in [-0.2, -0.15) is 0 Å². The Hall–Kier alpha value is -7.12. The third kappa shape index (κ3) is 20.3. The van der Waals surface area contributed by atoms with Crippen molar-refractivity contribution >= 4 is 70.5 Å². The van der Waals surface area contributed by atoms with Crippen LogP contribution in [0.2, 0.25) is 0 Å². The van der Waals surface area contributed by atoms with Gasteiger partial charge in [-0.1, -0.05) is 36.4 Å². The lowest BCUT2D eigenvalue weighted by molar-refractivity contribution is -0.141. The summed E-state index contributed by atoms with van der Waals surface area (Å²) in [6.07, 6.45) is 0.436. The minimum Gasteiger partial charge on any atom is -0.481 e. The Balaban J connectivity index is 1.29. The quantitative estimate of drug-likeness (QED) is 0.0632. The molecule has 2 aliphatic rings. The van der Waals surface area contributed by atoms with Crippen LogP contribution in [0, 0.1) is 11.8 Å². The maximum atomic E-state index is 13.8. The van der Waals surface area contributed by atoms with Crippen LogP contribution in [0.25, 0.3) is 10.8 Å². The Kier molecular flexibility index (Phi) is 23.4. The van der Waals surface area contributed by atoms with Gasteiger partial charge in [-0.3, -0.25) is 43.5 Å². The molecule has 0 bridgehead atoms. The SMILES string of the molecule is O=C(O)CC[C@H](NC(=O)N[C@@H](CCCCNC(=O)[C@@H](NC(=O)C1CCC(CNC(=O)CN2CCN(CC(=O)O)CCN(CC(=O)O)CCN(C(=O)O)CC2)CC1)c1ccc2ccccc2c1)C(=O)O)C(=O)O. The Morgan fingerprint density at radius 2 is 1.11 bits per heavy atom. The van der Waals surface area contributed by atoms with Crippen molar-refractivity contribution in [1.29, 1.82) is 0 Å². The minimum absolute atomic E-state index is 0.0190. The highest BCUT2D eigenvalue weighted by molar-refractivity contribution is 5.91. The Labute approximate surface area is 415 Å². The molecule has 1 aliphatic heterocycles. The second-order valence-corrected chi connectivity index (χ2v) is 18.1. The molecule has 1 saturated carbocycles. The van der Waals surface area contributed by atoms with Crippen LogP contribution in [0.5, 0.6) is 0 Å². The number of carbonyl (C=O) groups is 10. The molecule has 3 atom stereocenters. The topological polar surface area (TPSA) is 365 Å². The molecule has 72 heavy (non-hydrogen) atoms. The highest BCUT2D eigenvalue weighted by Crippen LogP contribution is 2.30. The summed E-state index contributed by atoms with van der Waals surface area (Å²) in [5.74, 6) is -7.83. The first-order valence-electron chi connectivity index (χ1n) is 23.9. The standard InChI is InChI=1S/C47H67N9O16/c57-37(27-53-17-18-54(28-39(60)61)19-20-55(29-40(62)63)22-24-56(23-21-53)47(71)72)49-26-30-8-10-32(11-9-30)42(64)52-41(34-13-12-31-5-1-2-6-33(31)25-34)43(65)48-16-4-3-7-35(44(66)67)50-46(70)51-36(45(68)69)14-15-38(58)59/h1-2,5-6,12-13,25,30,32,35-36,41H,3-4,7-11,14-24,26-29H2,(H,48,65)(H,49,57)(H,52,64)(H,58,59)(H,60,61)(H,62,63)(H,66,67)(H,68,69)(H,71,72)(H2,50,51,70)/t30?,32?,35-,36-,41-/m0/s1. The molecule has 25 heteroatoms. The number of nitrogens with one attached hydrogen (secondary N) is 5. The zero-order chi connectivity index (χ0) is 52.7. The summed E-state index contributed by atoms with van der Waals surface area (Å²) in [5.41, 5.74) is 0.532. The van der Waals surface area contributed by atoms with Crippen LogP contribution in [0.1, 0.15) is 69.4 Å². The number of carbonyl (C=O) groups excluding carboxylic acids is 4. The average molecular weight is 1010 g/mol. The first kappa shape index (κ1) is 57.5. The van der Waals surface area contributed by atoms with Crippen molar-refractivity contribution < 1.29 is 78.6 Å². The number of aliphatic carboxylic acids is 5. The van der Waals surface area contributed by atoms with E-state index in [2.05, 4.69) is 26.6 Å². The normalized spacial score (nSPS) is 18.7. The van der Waals surface area contributed by atoms with Crippen LogP contribution in [0.4, 0.5) is 9.59 Å². The predicted molar refractivity (Wildman–Crippen MR) is 256 cm³/mol. The number of nitrogens with zero attached hydrogens (tertiary/aromatic N) is 4. The van der Waals surface area contributed by atoms with E-state index in [1.165, 1.54) is 0 Å². The fourth-order valence-electron chi connectivity index (χ4n) is 8.61. The number of carboxylic acid groups (broad SMARTS) is 6. The highest BCUT2D eigenvalue weighted by atomic mass is 16.4. The van der Waals surface area contributed by atoms with Crippen LogP contribution in [0.3, 0.4) is 0 Å². The number of unbranched alkanes of at least 4 members (excludes halogenated alkanes) is 1. The number of carboxylic acids is 5. The van der Waals surface area contributed by atoms with Crippen molar-refractivity contribution in [3.63, 3.8) is 0 Å². The maximum Gasteiger partial charge on any atom is 0.407 e. The largest absolute Gasteiger partial charge is 0.481 e. The van der Waals surface area contributed by atoms with Crippen LogP contribution in [0.15, 0.2) is 42.5 Å². The molecule has 2 aromatic carbocycles. The Bertz CT molecular complexity index is 2220. The number of fused-ring (bicyclic) bond motifs is 1. The fourth-order valence-corrected chi connectivity index (χ4v) is 8.61. The van der Waals surface area contributed by atoms with Gasteiger partial charge in [0.2, 0.25) is 17.7 Å². The van der Waals surface area contributed by atoms with Gasteiger partial charge >= 0.3 is 42.0 Å². The first-order chi connectivity index (χ1) is 34.3. The summed E-state index contributed by atoms with van der Waals surface area (Å²) >= 11 is 0. The van der Waals surface area contributed by atoms with Crippen LogP contribution >= 0.6 is 0 Å². The van der Waals surface area contributed by atoms with Gasteiger partial charge in [0.25, 0.3) is 0 Å². The molecule has 25 nitrogen and oxygen atoms in total. The summed E-state index contributed by atoms with van der Waals surface area (Å²) in [6, 6.07) is 7.76. The lowest BCUT2D eigenvalue weighted by Crippen LogP contribution is -2.51. The number of urea groups is 1. The maximum absolute atomic E-state index is 13.8. The van der Waals surface area contributed by atoms with Gasteiger partial charge in [0, 0.05) is 77.8 Å². The molecule has 0 radical (unpaired) electrons. The van der Waals surface area contributed by atoms with E-state index in [-0.39, 0.29) is 116 Å². The van der Waals surface area contributed by atoms with Crippen molar-refractivity contribution in [3.8, 4) is 0 Å². The van der Waals surface area contributed by atoms with Gasteiger partial charge in [0.1, 0.15) is 18.1 Å². The number of rotatable bonds is 24. The summed E-state index contributed by atoms with van der Waals surface area (Å²) in [5, 5.41) is 71.2. The van der Waals surface area contributed by atoms with Gasteiger partial charge in [0.15, 0.2) is 0 Å². The van der Waals surface area contributed by atoms with Gasteiger partial charge in [-0.05, 0) is 79.7 Å². The van der Waals surface area contributed by atoms with Crippen LogP contribution < -0.4 is 26.6 Å². The second-order valence-electron chi connectivity index (χ2n) is 18.1. The lowest BCUT2D eigenvalue weighted by Gasteiger charge is -2.32. The van der Waals surface area contributed by atoms with E-state index in [1.54, 1.807) is 20.8 Å². The van der Waals surface area contributed by atoms with Crippen LogP contribution in [-0.4, -0.2) is 207 Å². The van der Waals surface area contributed by atoms with Crippen molar-refractivity contribution in [2.75, 3.05) is 85.1 Å². The Morgan fingerprint density at radius 3 is 1.65 bits per heavy atom. The molecule has 2 fully saturated rings. The second kappa shape index (κ2) is 29.3. The molecule has 0 aromatic heterocycles. The molecular formula is C47H67N9O16. The third-order valence-electron chi connectivity index (χ3n) is 12.7. The molecule has 1 aliphatic carbocycles. The molecule has 396 valence electrons. The monoisotopic (exact) mass is 1010 g/mol. The lowest BCUT2D eigenvalue weighted by atomic mass is 9.81. The van der Waals surface area contributed by atoms with Gasteiger partial charge in [-0.15, -0.1) is 0 Å². The minimum atomic E-state index is -1.55. The van der Waals surface area contributed by atoms with E-state index in [0.29, 0.717) is 37.8 Å². The molecule has 4 rings (SSSR count). The number of benzene rings is 2. The predicted octanol–water partition coefficient (Wildman–Crippen LogP) is 0.345. The van der Waals surface area contributed by atoms with E-state index in [1.807, 2.05) is 36.4 Å². The Morgan fingerprint density at radius 1 is 0.569 bits per heavy atom. The zero-order valence-electron chi connectivity index (χ0n) is 40.0. The molecular weight excluding hydrogens is 947 g/mol. The zero-order valence-corrected chi connectivity index (χ0v) is 40.0.